The van der Waals surface area contributed by atoms with Crippen LogP contribution in [0.2, 0.25) is 0 Å². The van der Waals surface area contributed by atoms with E-state index >= 15 is 0 Å². The molecule has 0 aromatic heterocycles. The minimum atomic E-state index is -0.697. The number of unbranched alkanes of at least 4 members (excludes halogenated alkanes) is 4. The average Bonchev–Trinajstić information content (AvgIpc) is 2.44. The fourth-order valence-electron chi connectivity index (χ4n) is 2.32. The number of aliphatic hydroxyl groups is 1. The lowest BCUT2D eigenvalue weighted by Gasteiger charge is -2.36. The fourth-order valence-corrected chi connectivity index (χ4v) is 5.27. The van der Waals surface area contributed by atoms with E-state index < -0.39 is 5.85 Å². The molecular formula is C17H36NO3P2+. The molecule has 0 aromatic carbocycles. The Hall–Kier alpha value is 0.120. The average molecular weight is 364 g/mol. The summed E-state index contributed by atoms with van der Waals surface area (Å²) in [6.45, 7) is 4.23. The van der Waals surface area contributed by atoms with Gasteiger partial charge in [-0.25, -0.2) is 0 Å². The maximum atomic E-state index is 12.2. The number of hydrogen-bond donors (Lipinski definition) is 1. The summed E-state index contributed by atoms with van der Waals surface area (Å²) < 4.78 is 0.522. The molecule has 4 atom stereocenters. The second-order valence-corrected chi connectivity index (χ2v) is 9.93. The van der Waals surface area contributed by atoms with Gasteiger partial charge in [0.1, 0.15) is 11.6 Å². The van der Waals surface area contributed by atoms with Crippen LogP contribution in [-0.4, -0.2) is 53.4 Å². The molecular weight excluding hydrogens is 328 g/mol. The number of carbonyl (C=O) groups is 2. The van der Waals surface area contributed by atoms with E-state index in [1.54, 1.807) is 0 Å². The zero-order chi connectivity index (χ0) is 17.9. The molecule has 1 N–H and O–H groups in total. The zero-order valence-electron chi connectivity index (χ0n) is 15.5. The van der Waals surface area contributed by atoms with Gasteiger partial charge in [0.15, 0.2) is 11.0 Å². The van der Waals surface area contributed by atoms with Gasteiger partial charge in [-0.3, -0.25) is 9.59 Å². The summed E-state index contributed by atoms with van der Waals surface area (Å²) in [6, 6.07) is 0. The van der Waals surface area contributed by atoms with Gasteiger partial charge in [0.05, 0.1) is 21.1 Å². The van der Waals surface area contributed by atoms with Crippen LogP contribution in [0.5, 0.6) is 0 Å². The molecule has 23 heavy (non-hydrogen) atoms. The summed E-state index contributed by atoms with van der Waals surface area (Å²) in [5, 5.41) is 10.5. The number of aliphatic hydroxyl groups excluding tert-OH is 1. The Kier molecular flexibility index (Phi) is 12.5. The zero-order valence-corrected chi connectivity index (χ0v) is 17.5. The van der Waals surface area contributed by atoms with Crippen LogP contribution in [0.1, 0.15) is 65.2 Å². The van der Waals surface area contributed by atoms with Gasteiger partial charge in [-0.15, -0.1) is 0 Å². The van der Waals surface area contributed by atoms with Gasteiger partial charge in [0.2, 0.25) is 0 Å². The molecule has 6 heteroatoms. The molecule has 4 nitrogen and oxygen atoms in total. The summed E-state index contributed by atoms with van der Waals surface area (Å²) >= 11 is 0. The van der Waals surface area contributed by atoms with E-state index in [1.165, 1.54) is 0 Å². The molecule has 0 aromatic rings. The quantitative estimate of drug-likeness (QED) is 0.289. The summed E-state index contributed by atoms with van der Waals surface area (Å²) in [5.41, 5.74) is 0.381. The second kappa shape index (κ2) is 12.5. The van der Waals surface area contributed by atoms with Crippen molar-refractivity contribution < 1.29 is 19.2 Å². The molecule has 0 amide bonds. The van der Waals surface area contributed by atoms with Crippen molar-refractivity contribution in [3.05, 3.63) is 0 Å². The van der Waals surface area contributed by atoms with Crippen LogP contribution >= 0.6 is 17.2 Å². The van der Waals surface area contributed by atoms with Gasteiger partial charge >= 0.3 is 0 Å². The first-order chi connectivity index (χ1) is 10.7. The van der Waals surface area contributed by atoms with E-state index in [-0.39, 0.29) is 34.0 Å². The largest absolute Gasteiger partial charge is 0.382 e. The van der Waals surface area contributed by atoms with Gasteiger partial charge in [0, 0.05) is 21.4 Å². The van der Waals surface area contributed by atoms with Crippen molar-refractivity contribution in [1.82, 2.24) is 0 Å². The lowest BCUT2D eigenvalue weighted by molar-refractivity contribution is -0.883. The molecule has 136 valence electrons. The number of nitrogens with zero attached hydrogens (tertiary/aromatic N) is 1. The van der Waals surface area contributed by atoms with Crippen LogP contribution in [0.4, 0.5) is 0 Å². The topological polar surface area (TPSA) is 54.4 Å². The highest BCUT2D eigenvalue weighted by Crippen LogP contribution is 2.38. The molecule has 0 aliphatic rings. The summed E-state index contributed by atoms with van der Waals surface area (Å²) in [4.78, 5) is 24.2. The molecule has 0 radical (unpaired) electrons. The minimum absolute atomic E-state index is 0.0801. The molecule has 0 rings (SSSR count). The number of quaternary nitrogens is 1. The Morgan fingerprint density at radius 3 is 1.70 bits per heavy atom. The first-order valence-corrected chi connectivity index (χ1v) is 11.0. The van der Waals surface area contributed by atoms with Crippen LogP contribution in [0, 0.1) is 0 Å². The van der Waals surface area contributed by atoms with Crippen molar-refractivity contribution in [3.63, 3.8) is 0 Å². The lowest BCUT2D eigenvalue weighted by Crippen LogP contribution is -2.48. The molecule has 0 aliphatic heterocycles. The van der Waals surface area contributed by atoms with E-state index in [4.69, 9.17) is 0 Å². The third-order valence-electron chi connectivity index (χ3n) is 3.77. The van der Waals surface area contributed by atoms with Gasteiger partial charge in [0.25, 0.3) is 0 Å². The minimum Gasteiger partial charge on any atom is -0.382 e. The first kappa shape index (κ1) is 23.1. The van der Waals surface area contributed by atoms with E-state index in [0.717, 1.165) is 38.5 Å². The highest BCUT2D eigenvalue weighted by Gasteiger charge is 2.34. The van der Waals surface area contributed by atoms with E-state index in [9.17, 15) is 14.7 Å². The monoisotopic (exact) mass is 364 g/mol. The second-order valence-electron chi connectivity index (χ2n) is 7.06. The molecule has 0 saturated heterocycles. The standard InChI is InChI=1S/C17H36NO3P2/c1-6-8-10-12-14(19)22-16(18(3,4)5)17(21)23-15(20)13-11-9-7-2/h16-17,21-23H,6-13H2,1-5H3/q+1. The maximum absolute atomic E-state index is 12.2. The van der Waals surface area contributed by atoms with Crippen LogP contribution in [0.3, 0.4) is 0 Å². The van der Waals surface area contributed by atoms with Crippen LogP contribution in [0.15, 0.2) is 0 Å². The molecule has 0 heterocycles. The lowest BCUT2D eigenvalue weighted by atomic mass is 10.2. The smallest absolute Gasteiger partial charge is 0.157 e. The number of hydrogen-bond acceptors (Lipinski definition) is 3. The Morgan fingerprint density at radius 2 is 1.30 bits per heavy atom. The molecule has 4 unspecified atom stereocenters. The summed E-state index contributed by atoms with van der Waals surface area (Å²) in [7, 11) is 5.96. The normalized spacial score (nSPS) is 15.6. The molecule has 0 saturated carbocycles. The predicted molar refractivity (Wildman–Crippen MR) is 103 cm³/mol. The van der Waals surface area contributed by atoms with Crippen molar-refractivity contribution in [2.24, 2.45) is 0 Å². The van der Waals surface area contributed by atoms with Gasteiger partial charge in [-0.1, -0.05) is 39.5 Å². The first-order valence-electron chi connectivity index (χ1n) is 8.80. The highest BCUT2D eigenvalue weighted by molar-refractivity contribution is 7.62. The third kappa shape index (κ3) is 11.3. The van der Waals surface area contributed by atoms with Gasteiger partial charge in [-0.05, 0) is 21.4 Å². The van der Waals surface area contributed by atoms with E-state index in [2.05, 4.69) is 13.8 Å². The summed E-state index contributed by atoms with van der Waals surface area (Å²) in [6.07, 6.45) is 7.32. The van der Waals surface area contributed by atoms with Gasteiger partial charge in [-0.2, -0.15) is 0 Å². The van der Waals surface area contributed by atoms with E-state index in [1.807, 2.05) is 21.1 Å². The van der Waals surface area contributed by atoms with Crippen molar-refractivity contribution >= 4 is 28.2 Å². The third-order valence-corrected chi connectivity index (χ3v) is 7.24. The predicted octanol–water partition coefficient (Wildman–Crippen LogP) is 3.91. The summed E-state index contributed by atoms with van der Waals surface area (Å²) in [5.74, 6) is -0.866. The van der Waals surface area contributed by atoms with Crippen molar-refractivity contribution in [2.45, 2.75) is 76.8 Å². The molecule has 0 bridgehead atoms. The van der Waals surface area contributed by atoms with Crippen LogP contribution in [-0.2, 0) is 9.59 Å². The Balaban J connectivity index is 4.53. The molecule has 0 spiro atoms. The van der Waals surface area contributed by atoms with Crippen molar-refractivity contribution in [3.8, 4) is 0 Å². The van der Waals surface area contributed by atoms with Crippen LogP contribution in [0.25, 0.3) is 0 Å². The number of rotatable bonds is 14. The van der Waals surface area contributed by atoms with Crippen molar-refractivity contribution in [2.75, 3.05) is 21.1 Å². The van der Waals surface area contributed by atoms with E-state index in [0.29, 0.717) is 17.3 Å². The Morgan fingerprint density at radius 1 is 0.870 bits per heavy atom. The maximum Gasteiger partial charge on any atom is 0.157 e. The fraction of sp³-hybridized carbons (Fsp3) is 0.882. The van der Waals surface area contributed by atoms with Crippen LogP contribution < -0.4 is 0 Å². The molecule has 0 fully saturated rings. The number of likely N-dealkylation sites (N-methyl/N-ethyl adjacent to an activating group) is 1. The SMILES string of the molecule is CCCCCC(=O)PC(O)C(PC(=O)CCCCC)[N+](C)(C)C. The Bertz CT molecular complexity index is 356. The highest BCUT2D eigenvalue weighted by atomic mass is 31.1. The molecule has 0 aliphatic carbocycles. The van der Waals surface area contributed by atoms with Crippen molar-refractivity contribution in [1.29, 1.82) is 0 Å². The Labute approximate surface area is 145 Å². The number of carbonyl (C=O) groups excluding carboxylic acids is 2. The van der Waals surface area contributed by atoms with Gasteiger partial charge < -0.3 is 9.59 Å².